The molecule has 0 fully saturated rings. The number of thioether (sulfide) groups is 1. The van der Waals surface area contributed by atoms with Crippen LogP contribution in [0, 0.1) is 5.92 Å². The highest BCUT2D eigenvalue weighted by atomic mass is 32.2. The van der Waals surface area contributed by atoms with Crippen LogP contribution in [0.4, 0.5) is 0 Å². The normalized spacial score (nSPS) is 22.8. The zero-order valence-electron chi connectivity index (χ0n) is 8.33. The Bertz CT molecular complexity index is 531. The predicted molar refractivity (Wildman–Crippen MR) is 66.4 cm³/mol. The van der Waals surface area contributed by atoms with Gasteiger partial charge in [-0.1, -0.05) is 42.1 Å². The summed E-state index contributed by atoms with van der Waals surface area (Å²) in [5.74, 6) is -0.400. The molecule has 1 unspecified atom stereocenters. The monoisotopic (exact) mass is 228 g/mol. The van der Waals surface area contributed by atoms with Crippen LogP contribution in [0.25, 0.3) is 5.57 Å². The van der Waals surface area contributed by atoms with Crippen LogP contribution in [0.5, 0.6) is 0 Å². The van der Waals surface area contributed by atoms with Crippen LogP contribution >= 0.6 is 11.8 Å². The van der Waals surface area contributed by atoms with Gasteiger partial charge in [0.1, 0.15) is 12.3 Å². The van der Waals surface area contributed by atoms with Crippen LogP contribution in [-0.4, -0.2) is 17.3 Å². The maximum atomic E-state index is 11.7. The van der Waals surface area contributed by atoms with Crippen molar-refractivity contribution in [3.63, 3.8) is 0 Å². The van der Waals surface area contributed by atoms with E-state index in [1.807, 2.05) is 35.7 Å². The molecule has 1 amide bonds. The third-order valence-electron chi connectivity index (χ3n) is 2.59. The lowest BCUT2D eigenvalue weighted by Gasteiger charge is -2.13. The number of carbonyl (C=O) groups is 1. The van der Waals surface area contributed by atoms with Gasteiger partial charge in [-0.3, -0.25) is 4.79 Å². The minimum Gasteiger partial charge on any atom is -0.271 e. The van der Waals surface area contributed by atoms with Gasteiger partial charge in [0.2, 0.25) is 0 Å². The number of aliphatic imine (C=N–C) groups is 2. The van der Waals surface area contributed by atoms with E-state index in [-0.39, 0.29) is 11.8 Å². The van der Waals surface area contributed by atoms with Crippen molar-refractivity contribution in [2.45, 2.75) is 0 Å². The van der Waals surface area contributed by atoms with E-state index in [0.717, 1.165) is 16.2 Å². The highest BCUT2D eigenvalue weighted by Crippen LogP contribution is 2.39. The van der Waals surface area contributed by atoms with Crippen molar-refractivity contribution >= 4 is 34.6 Å². The number of hydrogen-bond acceptors (Lipinski definition) is 3. The standard InChI is InChI=1S/C12H8N2OS/c15-11-10-9(8-4-2-1-3-5-8)6-16-12(10)14-7-13-11/h1-7,10H. The SMILES string of the molecule is O=C1N=CN=C2SC=C(c3ccccc3)C12. The second-order valence-corrected chi connectivity index (χ2v) is 4.43. The third kappa shape index (κ3) is 1.42. The molecule has 3 nitrogen and oxygen atoms in total. The Labute approximate surface area is 97.0 Å². The summed E-state index contributed by atoms with van der Waals surface area (Å²) in [5.41, 5.74) is 2.07. The fourth-order valence-corrected chi connectivity index (χ4v) is 2.81. The van der Waals surface area contributed by atoms with Crippen molar-refractivity contribution in [3.05, 3.63) is 41.3 Å². The number of hydrogen-bond donors (Lipinski definition) is 0. The highest BCUT2D eigenvalue weighted by molar-refractivity contribution is 8.17. The molecule has 2 heterocycles. The van der Waals surface area contributed by atoms with E-state index >= 15 is 0 Å². The van der Waals surface area contributed by atoms with E-state index < -0.39 is 0 Å². The van der Waals surface area contributed by atoms with Gasteiger partial charge < -0.3 is 0 Å². The van der Waals surface area contributed by atoms with Crippen LogP contribution < -0.4 is 0 Å². The van der Waals surface area contributed by atoms with Crippen LogP contribution in [0.15, 0.2) is 45.7 Å². The zero-order chi connectivity index (χ0) is 11.0. The molecular formula is C12H8N2OS. The van der Waals surface area contributed by atoms with Gasteiger partial charge in [-0.05, 0) is 16.5 Å². The summed E-state index contributed by atoms with van der Waals surface area (Å²) < 4.78 is 0. The van der Waals surface area contributed by atoms with E-state index in [1.165, 1.54) is 18.1 Å². The first-order valence-corrected chi connectivity index (χ1v) is 5.80. The molecule has 1 atom stereocenters. The first kappa shape index (κ1) is 9.54. The summed E-state index contributed by atoms with van der Waals surface area (Å²) in [7, 11) is 0. The Morgan fingerprint density at radius 2 is 2.00 bits per heavy atom. The van der Waals surface area contributed by atoms with Gasteiger partial charge in [-0.15, -0.1) is 0 Å². The number of carbonyl (C=O) groups excluding carboxylic acids is 1. The van der Waals surface area contributed by atoms with E-state index in [2.05, 4.69) is 9.98 Å². The average molecular weight is 228 g/mol. The van der Waals surface area contributed by atoms with Crippen LogP contribution in [0.3, 0.4) is 0 Å². The van der Waals surface area contributed by atoms with Gasteiger partial charge in [-0.2, -0.15) is 0 Å². The molecule has 0 spiro atoms. The maximum Gasteiger partial charge on any atom is 0.261 e. The Morgan fingerprint density at radius 3 is 2.81 bits per heavy atom. The average Bonchev–Trinajstić information content (AvgIpc) is 2.75. The summed E-state index contributed by atoms with van der Waals surface area (Å²) in [6, 6.07) is 9.89. The lowest BCUT2D eigenvalue weighted by Crippen LogP contribution is -2.21. The Balaban J connectivity index is 2.03. The quantitative estimate of drug-likeness (QED) is 0.740. The molecule has 0 saturated heterocycles. The second kappa shape index (κ2) is 3.72. The summed E-state index contributed by atoms with van der Waals surface area (Å²) in [6.07, 6.45) is 1.34. The van der Waals surface area contributed by atoms with Gasteiger partial charge >= 0.3 is 0 Å². The molecule has 0 radical (unpaired) electrons. The second-order valence-electron chi connectivity index (χ2n) is 3.54. The number of amides is 1. The molecule has 1 aromatic carbocycles. The summed E-state index contributed by atoms with van der Waals surface area (Å²) in [6.45, 7) is 0. The number of rotatable bonds is 1. The van der Waals surface area contributed by atoms with Gasteiger partial charge in [0, 0.05) is 0 Å². The number of fused-ring (bicyclic) bond motifs is 1. The van der Waals surface area contributed by atoms with Gasteiger partial charge in [0.15, 0.2) is 0 Å². The third-order valence-corrected chi connectivity index (χ3v) is 3.54. The molecule has 1 aromatic rings. The first-order chi connectivity index (χ1) is 7.86. The molecule has 78 valence electrons. The maximum absolute atomic E-state index is 11.7. The van der Waals surface area contributed by atoms with E-state index in [1.54, 1.807) is 0 Å². The van der Waals surface area contributed by atoms with Crippen LogP contribution in [-0.2, 0) is 4.79 Å². The summed E-state index contributed by atoms with van der Waals surface area (Å²) in [4.78, 5) is 19.6. The fourth-order valence-electron chi connectivity index (χ4n) is 1.82. The van der Waals surface area contributed by atoms with Gasteiger partial charge in [0.25, 0.3) is 5.91 Å². The minimum absolute atomic E-state index is 0.120. The van der Waals surface area contributed by atoms with Crippen molar-refractivity contribution < 1.29 is 4.79 Å². The lowest BCUT2D eigenvalue weighted by molar-refractivity contribution is -0.118. The summed E-state index contributed by atoms with van der Waals surface area (Å²) in [5, 5.41) is 2.82. The van der Waals surface area contributed by atoms with Crippen molar-refractivity contribution in [3.8, 4) is 0 Å². The fraction of sp³-hybridized carbons (Fsp3) is 0.0833. The largest absolute Gasteiger partial charge is 0.271 e. The Kier molecular flexibility index (Phi) is 2.22. The molecule has 0 aliphatic carbocycles. The molecule has 2 aliphatic rings. The molecule has 3 rings (SSSR count). The van der Waals surface area contributed by atoms with E-state index in [9.17, 15) is 4.79 Å². The molecule has 0 N–H and O–H groups in total. The van der Waals surface area contributed by atoms with Crippen LogP contribution in [0.2, 0.25) is 0 Å². The Hall–Kier alpha value is -1.68. The number of nitrogens with zero attached hydrogens (tertiary/aromatic N) is 2. The van der Waals surface area contributed by atoms with E-state index in [0.29, 0.717) is 0 Å². The first-order valence-electron chi connectivity index (χ1n) is 4.92. The predicted octanol–water partition coefficient (Wildman–Crippen LogP) is 2.36. The number of benzene rings is 1. The zero-order valence-corrected chi connectivity index (χ0v) is 9.15. The summed E-state index contributed by atoms with van der Waals surface area (Å²) >= 11 is 1.51. The molecule has 0 saturated carbocycles. The van der Waals surface area contributed by atoms with Crippen LogP contribution in [0.1, 0.15) is 5.56 Å². The van der Waals surface area contributed by atoms with Crippen molar-refractivity contribution in [1.29, 1.82) is 0 Å². The van der Waals surface area contributed by atoms with Crippen molar-refractivity contribution in [2.24, 2.45) is 15.9 Å². The van der Waals surface area contributed by atoms with Crippen molar-refractivity contribution in [2.75, 3.05) is 0 Å². The topological polar surface area (TPSA) is 41.8 Å². The van der Waals surface area contributed by atoms with Gasteiger partial charge in [0.05, 0.1) is 5.04 Å². The molecule has 4 heteroatoms. The lowest BCUT2D eigenvalue weighted by atomic mass is 9.94. The molecule has 0 aromatic heterocycles. The Morgan fingerprint density at radius 1 is 1.19 bits per heavy atom. The molecule has 16 heavy (non-hydrogen) atoms. The smallest absolute Gasteiger partial charge is 0.261 e. The van der Waals surface area contributed by atoms with Gasteiger partial charge in [-0.25, -0.2) is 9.98 Å². The van der Waals surface area contributed by atoms with Crippen molar-refractivity contribution in [1.82, 2.24) is 0 Å². The minimum atomic E-state index is -0.280. The molecule has 2 aliphatic heterocycles. The highest BCUT2D eigenvalue weighted by Gasteiger charge is 2.34. The van der Waals surface area contributed by atoms with E-state index in [4.69, 9.17) is 0 Å². The molecule has 0 bridgehead atoms. The molecular weight excluding hydrogens is 220 g/mol.